The molecule has 6 heteroatoms. The summed E-state index contributed by atoms with van der Waals surface area (Å²) in [7, 11) is 0. The van der Waals surface area contributed by atoms with Gasteiger partial charge in [0.05, 0.1) is 9.35 Å². The van der Waals surface area contributed by atoms with Crippen LogP contribution in [-0.4, -0.2) is 11.0 Å². The van der Waals surface area contributed by atoms with Crippen LogP contribution in [0.2, 0.25) is 0 Å². The number of rotatable bonds is 1. The molecular weight excluding hydrogens is 316 g/mol. The van der Waals surface area contributed by atoms with E-state index in [9.17, 15) is 10.0 Å². The summed E-state index contributed by atoms with van der Waals surface area (Å²) in [5.41, 5.74) is 1.11. The minimum atomic E-state index is -0.649. The van der Waals surface area contributed by atoms with E-state index in [2.05, 4.69) is 21.2 Å². The number of fused-ring (bicyclic) bond motifs is 1. The maximum Gasteiger partial charge on any atom is 0.247 e. The number of carbonyl (C=O) groups excluding carboxylic acids is 1. The molecule has 1 N–H and O–H groups in total. The second kappa shape index (κ2) is 4.38. The Balaban J connectivity index is 2.03. The van der Waals surface area contributed by atoms with E-state index in [0.29, 0.717) is 16.3 Å². The molecule has 1 amide bonds. The smallest absolute Gasteiger partial charge is 0.247 e. The molecule has 4 nitrogen and oxygen atoms in total. The van der Waals surface area contributed by atoms with Crippen molar-refractivity contribution in [2.24, 2.45) is 0 Å². The third-order valence-corrected chi connectivity index (χ3v) is 4.42. The van der Waals surface area contributed by atoms with Gasteiger partial charge in [0.1, 0.15) is 6.17 Å². The van der Waals surface area contributed by atoms with Crippen molar-refractivity contribution in [1.82, 2.24) is 5.06 Å². The third-order valence-electron chi connectivity index (χ3n) is 2.75. The lowest BCUT2D eigenvalue weighted by Gasteiger charge is -2.41. The fourth-order valence-electron chi connectivity index (χ4n) is 1.90. The zero-order valence-electron chi connectivity index (χ0n) is 9.09. The molecule has 1 atom stereocenters. The van der Waals surface area contributed by atoms with E-state index in [1.54, 1.807) is 18.2 Å². The van der Waals surface area contributed by atoms with Crippen LogP contribution in [0, 0.1) is 5.21 Å². The number of benzene rings is 1. The van der Waals surface area contributed by atoms with Crippen molar-refractivity contribution < 1.29 is 4.79 Å². The predicted molar refractivity (Wildman–Crippen MR) is 74.4 cm³/mol. The van der Waals surface area contributed by atoms with Gasteiger partial charge in [-0.15, -0.1) is 11.3 Å². The van der Waals surface area contributed by atoms with Crippen molar-refractivity contribution in [3.63, 3.8) is 0 Å². The monoisotopic (exact) mass is 323 g/mol. The normalized spacial score (nSPS) is 18.4. The van der Waals surface area contributed by atoms with Crippen LogP contribution >= 0.6 is 27.3 Å². The maximum absolute atomic E-state index is 12.0. The summed E-state index contributed by atoms with van der Waals surface area (Å²) in [6, 6.07) is 10.7. The predicted octanol–water partition coefficient (Wildman–Crippen LogP) is 3.57. The van der Waals surface area contributed by atoms with E-state index in [1.807, 2.05) is 18.2 Å². The molecule has 1 aliphatic rings. The van der Waals surface area contributed by atoms with Crippen molar-refractivity contribution >= 4 is 38.9 Å². The van der Waals surface area contributed by atoms with Gasteiger partial charge in [-0.1, -0.05) is 12.1 Å². The topological polar surface area (TPSA) is 55.4 Å². The molecule has 0 fully saturated rings. The van der Waals surface area contributed by atoms with Crippen molar-refractivity contribution in [2.45, 2.75) is 6.17 Å². The Bertz CT molecular complexity index is 614. The number of nitrogens with one attached hydrogen (secondary N) is 1. The summed E-state index contributed by atoms with van der Waals surface area (Å²) in [4.78, 5) is 12.8. The van der Waals surface area contributed by atoms with Crippen molar-refractivity contribution in [2.75, 3.05) is 5.32 Å². The Morgan fingerprint density at radius 3 is 2.78 bits per heavy atom. The molecule has 18 heavy (non-hydrogen) atoms. The molecule has 2 aromatic rings. The maximum atomic E-state index is 12.0. The van der Waals surface area contributed by atoms with Gasteiger partial charge in [-0.05, 0) is 40.2 Å². The molecule has 2 heterocycles. The molecule has 0 radical (unpaired) electrons. The van der Waals surface area contributed by atoms with Crippen LogP contribution in [0.5, 0.6) is 0 Å². The van der Waals surface area contributed by atoms with Crippen LogP contribution in [0.25, 0.3) is 0 Å². The first-order chi connectivity index (χ1) is 8.66. The highest BCUT2D eigenvalue weighted by Gasteiger charge is 2.27. The van der Waals surface area contributed by atoms with Crippen LogP contribution < -0.4 is 5.32 Å². The summed E-state index contributed by atoms with van der Waals surface area (Å²) in [6.07, 6.45) is -0.649. The molecule has 1 unspecified atom stereocenters. The number of hydroxylamine groups is 2. The molecule has 1 aliphatic heterocycles. The number of para-hydroxylation sites is 1. The average Bonchev–Trinajstić information content (AvgIpc) is 2.80. The Labute approximate surface area is 116 Å². The van der Waals surface area contributed by atoms with Crippen LogP contribution in [0.15, 0.2) is 40.2 Å². The zero-order chi connectivity index (χ0) is 12.7. The highest BCUT2D eigenvalue weighted by molar-refractivity contribution is 9.11. The van der Waals surface area contributed by atoms with Gasteiger partial charge in [0, 0.05) is 10.6 Å². The molecular formula is C12H8BrN2O2S-. The first-order valence-electron chi connectivity index (χ1n) is 5.28. The fourth-order valence-corrected chi connectivity index (χ4v) is 3.36. The van der Waals surface area contributed by atoms with Crippen molar-refractivity contribution in [3.05, 3.63) is 55.8 Å². The Morgan fingerprint density at radius 2 is 2.06 bits per heavy atom. The van der Waals surface area contributed by atoms with Crippen LogP contribution in [0.1, 0.15) is 21.4 Å². The van der Waals surface area contributed by atoms with Crippen molar-refractivity contribution in [3.8, 4) is 0 Å². The number of carbonyl (C=O) groups is 1. The minimum Gasteiger partial charge on any atom is -0.754 e. The highest BCUT2D eigenvalue weighted by Crippen LogP contribution is 2.36. The second-order valence-corrected chi connectivity index (χ2v) is 6.36. The van der Waals surface area contributed by atoms with E-state index in [-0.39, 0.29) is 0 Å². The van der Waals surface area contributed by atoms with Crippen molar-refractivity contribution in [1.29, 1.82) is 0 Å². The Hall–Kier alpha value is -1.37. The Morgan fingerprint density at radius 1 is 1.28 bits per heavy atom. The Kier molecular flexibility index (Phi) is 2.85. The summed E-state index contributed by atoms with van der Waals surface area (Å²) in [6.45, 7) is 0. The molecule has 0 spiro atoms. The van der Waals surface area contributed by atoms with E-state index in [1.165, 1.54) is 11.3 Å². The van der Waals surface area contributed by atoms with E-state index in [0.717, 1.165) is 8.66 Å². The van der Waals surface area contributed by atoms with E-state index in [4.69, 9.17) is 0 Å². The summed E-state index contributed by atoms with van der Waals surface area (Å²) in [5.74, 6) is -0.501. The zero-order valence-corrected chi connectivity index (χ0v) is 11.5. The second-order valence-electron chi connectivity index (χ2n) is 3.87. The van der Waals surface area contributed by atoms with Gasteiger partial charge in [0.15, 0.2) is 0 Å². The number of amides is 1. The first kappa shape index (κ1) is 11.7. The van der Waals surface area contributed by atoms with Gasteiger partial charge in [0.25, 0.3) is 0 Å². The number of halogens is 1. The molecule has 1 aromatic heterocycles. The van der Waals surface area contributed by atoms with Gasteiger partial charge in [-0.3, -0.25) is 4.79 Å². The van der Waals surface area contributed by atoms with Crippen LogP contribution in [0.4, 0.5) is 5.69 Å². The lowest BCUT2D eigenvalue weighted by Crippen LogP contribution is -2.38. The molecule has 3 rings (SSSR count). The number of thiophene rings is 1. The van der Waals surface area contributed by atoms with Gasteiger partial charge >= 0.3 is 0 Å². The van der Waals surface area contributed by atoms with Gasteiger partial charge in [-0.25, -0.2) is 0 Å². The largest absolute Gasteiger partial charge is 0.754 e. The first-order valence-corrected chi connectivity index (χ1v) is 6.89. The average molecular weight is 324 g/mol. The highest BCUT2D eigenvalue weighted by atomic mass is 79.9. The molecule has 1 aromatic carbocycles. The van der Waals surface area contributed by atoms with E-state index < -0.39 is 12.1 Å². The molecule has 0 bridgehead atoms. The van der Waals surface area contributed by atoms with Gasteiger partial charge in [0.2, 0.25) is 5.91 Å². The molecule has 92 valence electrons. The van der Waals surface area contributed by atoms with Crippen LogP contribution in [0.3, 0.4) is 0 Å². The summed E-state index contributed by atoms with van der Waals surface area (Å²) < 4.78 is 0.930. The standard InChI is InChI=1S/C12H8BrN2O2S/c13-10-6-5-9(18-10)11-14-8-4-2-1-3-7(8)12(16)15(11)17/h1-6,11,14H/q-1. The quantitative estimate of drug-likeness (QED) is 0.872. The molecule has 0 aliphatic carbocycles. The summed E-state index contributed by atoms with van der Waals surface area (Å²) in [5, 5.41) is 15.6. The third kappa shape index (κ3) is 1.82. The number of anilines is 1. The lowest BCUT2D eigenvalue weighted by atomic mass is 10.1. The summed E-state index contributed by atoms with van der Waals surface area (Å²) >= 11 is 4.79. The number of hydrogen-bond donors (Lipinski definition) is 1. The number of nitrogens with zero attached hydrogens (tertiary/aromatic N) is 1. The SMILES string of the molecule is O=C1c2ccccc2NC(c2ccc(Br)s2)N1[O-]. The lowest BCUT2D eigenvalue weighted by molar-refractivity contribution is 0.0773. The number of hydrogen-bond acceptors (Lipinski definition) is 4. The van der Waals surface area contributed by atoms with Gasteiger partial charge in [-0.2, -0.15) is 0 Å². The van der Waals surface area contributed by atoms with Gasteiger partial charge < -0.3 is 15.6 Å². The van der Waals surface area contributed by atoms with Crippen LogP contribution in [-0.2, 0) is 0 Å². The fraction of sp³-hybridized carbons (Fsp3) is 0.0833. The molecule has 0 saturated carbocycles. The minimum absolute atomic E-state index is 0.416. The molecule has 0 saturated heterocycles. The van der Waals surface area contributed by atoms with E-state index >= 15 is 0 Å².